The maximum Gasteiger partial charge on any atom is 0.509 e. The molecule has 2 aliphatic rings. The molecular weight excluding hydrogens is 681 g/mol. The number of aromatic amines is 1. The van der Waals surface area contributed by atoms with Crippen molar-refractivity contribution in [3.05, 3.63) is 45.8 Å². The van der Waals surface area contributed by atoms with Crippen LogP contribution in [0.15, 0.2) is 34.5 Å². The first-order valence-corrected chi connectivity index (χ1v) is 17.7. The lowest BCUT2D eigenvalue weighted by molar-refractivity contribution is -0.0625. The summed E-state index contributed by atoms with van der Waals surface area (Å²) in [4.78, 5) is 50.7. The van der Waals surface area contributed by atoms with Gasteiger partial charge in [0, 0.05) is 37.2 Å². The van der Waals surface area contributed by atoms with Crippen molar-refractivity contribution in [1.29, 1.82) is 0 Å². The third-order valence-corrected chi connectivity index (χ3v) is 10.5. The summed E-state index contributed by atoms with van der Waals surface area (Å²) in [6, 6.07) is 1.09. The number of aliphatic hydroxyl groups is 2. The summed E-state index contributed by atoms with van der Waals surface area (Å²) in [7, 11) is 1.28. The summed E-state index contributed by atoms with van der Waals surface area (Å²) in [6.45, 7) is -0.608. The van der Waals surface area contributed by atoms with Gasteiger partial charge in [0.05, 0.1) is 25.6 Å². The third-order valence-electron chi connectivity index (χ3n) is 7.19. The molecule has 3 aromatic heterocycles. The second-order valence-corrected chi connectivity index (χ2v) is 15.6. The standard InChI is InChI=1S/C26H36N7O13PS/c1-26(2,3)45-25(38)41-12-48-47(39,46-19-14(8-34)44-23(20(19)40-4)32-6-5-16(36)31-24(32)37)42-9-15-13(35)7-17(43-15)33-11-30-18-21(27)28-10-29-22(18)33/h5-6,10-11,13-15,17,19-20,23,34-35H,7-9,12H2,1-4H3,(H2,27,28,29)(H,31,36,37)/t13?,14-,15-,17-,19?,20+,23-,47?/m1/s1. The third kappa shape index (κ3) is 8.07. The van der Waals surface area contributed by atoms with Crippen molar-refractivity contribution in [1.82, 2.24) is 29.1 Å². The van der Waals surface area contributed by atoms with Crippen molar-refractivity contribution in [2.24, 2.45) is 0 Å². The first-order chi connectivity index (χ1) is 22.7. The molecule has 5 heterocycles. The van der Waals surface area contributed by atoms with Gasteiger partial charge < -0.3 is 39.6 Å². The summed E-state index contributed by atoms with van der Waals surface area (Å²) >= 11 is 0.475. The predicted octanol–water partition coefficient (Wildman–Crippen LogP) is 0.664. The molecule has 264 valence electrons. The lowest BCUT2D eigenvalue weighted by atomic mass is 10.1. The normalized spacial score (nSPS) is 27.2. The molecule has 20 nitrogen and oxygen atoms in total. The molecule has 2 saturated heterocycles. The fourth-order valence-corrected chi connectivity index (χ4v) is 7.82. The molecule has 3 aromatic rings. The molecule has 2 fully saturated rings. The van der Waals surface area contributed by atoms with E-state index in [-0.39, 0.29) is 12.2 Å². The monoisotopic (exact) mass is 717 g/mol. The van der Waals surface area contributed by atoms with E-state index in [0.29, 0.717) is 22.5 Å². The number of aliphatic hydroxyl groups excluding tert-OH is 2. The highest BCUT2D eigenvalue weighted by atomic mass is 32.7. The van der Waals surface area contributed by atoms with Crippen molar-refractivity contribution in [2.45, 2.75) is 75.8 Å². The van der Waals surface area contributed by atoms with Crippen LogP contribution < -0.4 is 17.0 Å². The summed E-state index contributed by atoms with van der Waals surface area (Å²) in [6.07, 6.45) is -4.80. The van der Waals surface area contributed by atoms with Gasteiger partial charge in [-0.05, 0) is 20.8 Å². The Morgan fingerprint density at radius 2 is 1.96 bits per heavy atom. The summed E-state index contributed by atoms with van der Waals surface area (Å²) in [5.41, 5.74) is 4.27. The van der Waals surface area contributed by atoms with Crippen molar-refractivity contribution >= 4 is 41.3 Å². The number of methoxy groups -OCH3 is 1. The van der Waals surface area contributed by atoms with Crippen molar-refractivity contribution in [3.8, 4) is 0 Å². The fraction of sp³-hybridized carbons (Fsp3) is 0.615. The van der Waals surface area contributed by atoms with E-state index in [2.05, 4.69) is 19.9 Å². The number of anilines is 1. The SMILES string of the molecule is CO[C@H]1C(OP(=O)(OC[C@H]2O[C@@H](n3cnc4c(N)ncnc43)CC2O)SCOC(=O)OC(C)(C)C)[C@@H](CO)O[C@H]1n1ccc(=O)[nH]c1=O. The molecule has 0 bridgehead atoms. The summed E-state index contributed by atoms with van der Waals surface area (Å²) in [5, 5.41) is 21.0. The summed E-state index contributed by atoms with van der Waals surface area (Å²) < 4.78 is 56.2. The molecule has 0 aromatic carbocycles. The number of fused-ring (bicyclic) bond motifs is 1. The Morgan fingerprint density at radius 3 is 2.65 bits per heavy atom. The number of imidazole rings is 1. The number of nitrogens with one attached hydrogen (secondary N) is 1. The smallest absolute Gasteiger partial charge is 0.429 e. The van der Waals surface area contributed by atoms with Crippen LogP contribution in [-0.4, -0.2) is 108 Å². The van der Waals surface area contributed by atoms with Gasteiger partial charge in [0.15, 0.2) is 23.6 Å². The Bertz CT molecular complexity index is 1760. The van der Waals surface area contributed by atoms with E-state index in [4.69, 9.17) is 38.5 Å². The topological polar surface area (TPSA) is 264 Å². The van der Waals surface area contributed by atoms with Gasteiger partial charge >= 0.3 is 18.6 Å². The molecule has 0 spiro atoms. The van der Waals surface area contributed by atoms with E-state index in [9.17, 15) is 29.2 Å². The Hall–Kier alpha value is -3.40. The Morgan fingerprint density at radius 1 is 1.19 bits per heavy atom. The second kappa shape index (κ2) is 14.6. The number of nitrogens with zero attached hydrogens (tertiary/aromatic N) is 5. The average molecular weight is 718 g/mol. The maximum atomic E-state index is 14.3. The van der Waals surface area contributed by atoms with E-state index < -0.39 is 91.9 Å². The van der Waals surface area contributed by atoms with Crippen LogP contribution in [0.5, 0.6) is 0 Å². The van der Waals surface area contributed by atoms with E-state index >= 15 is 0 Å². The van der Waals surface area contributed by atoms with E-state index in [1.54, 1.807) is 25.3 Å². The number of nitrogen functional groups attached to an aromatic ring is 1. The van der Waals surface area contributed by atoms with Crippen molar-refractivity contribution in [3.63, 3.8) is 0 Å². The molecule has 2 aliphatic heterocycles. The minimum absolute atomic E-state index is 0.0911. The minimum Gasteiger partial charge on any atom is -0.429 e. The van der Waals surface area contributed by atoms with Crippen LogP contribution in [0.2, 0.25) is 0 Å². The van der Waals surface area contributed by atoms with Gasteiger partial charge in [-0.25, -0.2) is 29.1 Å². The molecule has 0 amide bonds. The van der Waals surface area contributed by atoms with Gasteiger partial charge in [0.1, 0.15) is 48.1 Å². The van der Waals surface area contributed by atoms with E-state index in [1.165, 1.54) is 26.0 Å². The van der Waals surface area contributed by atoms with Crippen LogP contribution in [0.3, 0.4) is 0 Å². The Kier molecular flexibility index (Phi) is 10.9. The highest BCUT2D eigenvalue weighted by Gasteiger charge is 2.51. The highest BCUT2D eigenvalue weighted by molar-refractivity contribution is 8.55. The number of H-pyrrole nitrogens is 1. The van der Waals surface area contributed by atoms with Crippen LogP contribution in [0.25, 0.3) is 11.2 Å². The summed E-state index contributed by atoms with van der Waals surface area (Å²) in [5.74, 6) is -0.386. The number of hydrogen-bond donors (Lipinski definition) is 4. The van der Waals surface area contributed by atoms with Crippen molar-refractivity contribution in [2.75, 3.05) is 32.0 Å². The van der Waals surface area contributed by atoms with Gasteiger partial charge in [0.25, 0.3) is 5.56 Å². The molecule has 0 radical (unpaired) electrons. The molecular formula is C26H36N7O13PS. The predicted molar refractivity (Wildman–Crippen MR) is 166 cm³/mol. The molecule has 22 heteroatoms. The van der Waals surface area contributed by atoms with Crippen LogP contribution in [0, 0.1) is 0 Å². The number of ether oxygens (including phenoxy) is 5. The number of carbonyl (C=O) groups excluding carboxylic acids is 1. The Labute approximate surface area is 276 Å². The number of rotatable bonds is 12. The van der Waals surface area contributed by atoms with Gasteiger partial charge in [0.2, 0.25) is 0 Å². The Balaban J connectivity index is 1.34. The van der Waals surface area contributed by atoms with Crippen LogP contribution in [-0.2, 0) is 37.3 Å². The van der Waals surface area contributed by atoms with Gasteiger partial charge in [-0.15, -0.1) is 0 Å². The zero-order valence-electron chi connectivity index (χ0n) is 26.2. The van der Waals surface area contributed by atoms with Crippen LogP contribution in [0.1, 0.15) is 39.6 Å². The molecule has 5 rings (SSSR count). The van der Waals surface area contributed by atoms with Gasteiger partial charge in [-0.3, -0.25) is 28.0 Å². The van der Waals surface area contributed by atoms with E-state index in [0.717, 1.165) is 10.6 Å². The zero-order chi connectivity index (χ0) is 34.8. The first-order valence-electron chi connectivity index (χ1n) is 14.5. The maximum absolute atomic E-state index is 14.3. The minimum atomic E-state index is -4.40. The van der Waals surface area contributed by atoms with Crippen LogP contribution >= 0.6 is 18.2 Å². The lowest BCUT2D eigenvalue weighted by Gasteiger charge is -2.28. The first kappa shape index (κ1) is 35.9. The van der Waals surface area contributed by atoms with Gasteiger partial charge in [-0.2, -0.15) is 0 Å². The molecule has 3 unspecified atom stereocenters. The fourth-order valence-electron chi connectivity index (χ4n) is 5.03. The molecule has 48 heavy (non-hydrogen) atoms. The number of nitrogens with two attached hydrogens (primary N) is 1. The van der Waals surface area contributed by atoms with Gasteiger partial charge in [-0.1, -0.05) is 0 Å². The van der Waals surface area contributed by atoms with Crippen LogP contribution in [0.4, 0.5) is 10.6 Å². The molecule has 0 aliphatic carbocycles. The lowest BCUT2D eigenvalue weighted by Crippen LogP contribution is -2.39. The number of hydrogen-bond acceptors (Lipinski definition) is 18. The van der Waals surface area contributed by atoms with Crippen molar-refractivity contribution < 1.29 is 52.3 Å². The average Bonchev–Trinajstić information content (AvgIpc) is 3.70. The second-order valence-electron chi connectivity index (χ2n) is 11.6. The highest BCUT2D eigenvalue weighted by Crippen LogP contribution is 2.63. The quantitative estimate of drug-likeness (QED) is 0.114. The molecule has 8 atom stereocenters. The number of carbonyl (C=O) groups is 1. The largest absolute Gasteiger partial charge is 0.509 e. The molecule has 0 saturated carbocycles. The zero-order valence-corrected chi connectivity index (χ0v) is 27.9. The van der Waals surface area contributed by atoms with E-state index in [1.807, 2.05) is 0 Å². The molecule has 5 N–H and O–H groups in total. The number of aromatic nitrogens is 6.